The van der Waals surface area contributed by atoms with Crippen molar-refractivity contribution < 1.29 is 19.1 Å². The van der Waals surface area contributed by atoms with Gasteiger partial charge in [-0.2, -0.15) is 0 Å². The lowest BCUT2D eigenvalue weighted by molar-refractivity contribution is -0.124. The molecule has 0 amide bonds. The normalized spacial score (nSPS) is 33.7. The van der Waals surface area contributed by atoms with E-state index in [2.05, 4.69) is 0 Å². The molecule has 1 aromatic rings. The maximum absolute atomic E-state index is 12.7. The molecule has 4 rings (SSSR count). The van der Waals surface area contributed by atoms with Crippen LogP contribution in [-0.2, 0) is 9.47 Å². The lowest BCUT2D eigenvalue weighted by Gasteiger charge is -2.49. The zero-order valence-corrected chi connectivity index (χ0v) is 13.3. The minimum atomic E-state index is -0.380. The van der Waals surface area contributed by atoms with Gasteiger partial charge in [-0.05, 0) is 50.7 Å². The Kier molecular flexibility index (Phi) is 3.63. The van der Waals surface area contributed by atoms with Crippen LogP contribution in [-0.4, -0.2) is 24.1 Å². The molecule has 0 aromatic heterocycles. The van der Waals surface area contributed by atoms with E-state index in [4.69, 9.17) is 9.47 Å². The number of rotatable bonds is 0. The first-order valence-electron chi connectivity index (χ1n) is 8.72. The Balaban J connectivity index is 1.80. The monoisotopic (exact) mass is 314 g/mol. The molecule has 4 heteroatoms. The molecule has 0 bridgehead atoms. The number of carbonyl (C=O) groups excluding carboxylic acids is 2. The zero-order chi connectivity index (χ0) is 15.9. The molecule has 0 N–H and O–H groups in total. The van der Waals surface area contributed by atoms with E-state index in [0.717, 1.165) is 51.4 Å². The van der Waals surface area contributed by atoms with Gasteiger partial charge in [0.25, 0.3) is 0 Å². The summed E-state index contributed by atoms with van der Waals surface area (Å²) in [5.41, 5.74) is 0.484. The van der Waals surface area contributed by atoms with Crippen LogP contribution in [0.2, 0.25) is 0 Å². The van der Waals surface area contributed by atoms with Crippen molar-refractivity contribution in [3.63, 3.8) is 0 Å². The maximum Gasteiger partial charge on any atom is 0.339 e. The molecule has 2 unspecified atom stereocenters. The molecule has 0 radical (unpaired) electrons. The molecule has 23 heavy (non-hydrogen) atoms. The molecule has 2 saturated carbocycles. The lowest BCUT2D eigenvalue weighted by Crippen LogP contribution is -2.52. The number of fused-ring (bicyclic) bond motifs is 1. The van der Waals surface area contributed by atoms with Gasteiger partial charge in [-0.25, -0.2) is 9.59 Å². The summed E-state index contributed by atoms with van der Waals surface area (Å²) in [6.45, 7) is 0. The lowest BCUT2D eigenvalue weighted by atomic mass is 9.62. The molecule has 1 spiro atoms. The van der Waals surface area contributed by atoms with Crippen molar-refractivity contribution in [3.05, 3.63) is 35.4 Å². The van der Waals surface area contributed by atoms with Crippen LogP contribution >= 0.6 is 0 Å². The first-order chi connectivity index (χ1) is 11.2. The molecule has 2 atom stereocenters. The van der Waals surface area contributed by atoms with Crippen molar-refractivity contribution in [2.75, 3.05) is 0 Å². The van der Waals surface area contributed by atoms with Crippen LogP contribution in [0.5, 0.6) is 0 Å². The van der Waals surface area contributed by atoms with E-state index in [0.29, 0.717) is 11.1 Å². The van der Waals surface area contributed by atoms with Gasteiger partial charge in [-0.3, -0.25) is 0 Å². The van der Waals surface area contributed by atoms with Gasteiger partial charge in [0.15, 0.2) is 0 Å². The largest absolute Gasteiger partial charge is 0.458 e. The first kappa shape index (κ1) is 14.7. The molecule has 2 aliphatic carbocycles. The number of ether oxygens (including phenoxy) is 2. The van der Waals surface area contributed by atoms with Crippen LogP contribution in [0.4, 0.5) is 0 Å². The van der Waals surface area contributed by atoms with Gasteiger partial charge in [0.2, 0.25) is 0 Å². The highest BCUT2D eigenvalue weighted by atomic mass is 16.6. The fourth-order valence-corrected chi connectivity index (χ4v) is 4.70. The number of hydrogen-bond acceptors (Lipinski definition) is 4. The summed E-state index contributed by atoms with van der Waals surface area (Å²) < 4.78 is 11.9. The number of esters is 2. The van der Waals surface area contributed by atoms with Crippen LogP contribution in [0, 0.1) is 5.41 Å². The summed E-state index contributed by atoms with van der Waals surface area (Å²) in [7, 11) is 0. The number of benzene rings is 1. The van der Waals surface area contributed by atoms with Crippen molar-refractivity contribution in [3.8, 4) is 0 Å². The Morgan fingerprint density at radius 2 is 1.26 bits per heavy atom. The van der Waals surface area contributed by atoms with Gasteiger partial charge >= 0.3 is 11.9 Å². The summed E-state index contributed by atoms with van der Waals surface area (Å²) in [6.07, 6.45) is 7.84. The van der Waals surface area contributed by atoms with E-state index < -0.39 is 0 Å². The highest BCUT2D eigenvalue weighted by Gasteiger charge is 2.52. The molecule has 1 heterocycles. The van der Waals surface area contributed by atoms with Crippen molar-refractivity contribution in [1.82, 2.24) is 0 Å². The molecule has 3 aliphatic rings. The molecule has 0 saturated heterocycles. The van der Waals surface area contributed by atoms with Gasteiger partial charge in [0.05, 0.1) is 11.1 Å². The van der Waals surface area contributed by atoms with E-state index in [1.165, 1.54) is 0 Å². The third kappa shape index (κ3) is 2.35. The second kappa shape index (κ2) is 5.66. The van der Waals surface area contributed by atoms with Crippen LogP contribution < -0.4 is 0 Å². The van der Waals surface area contributed by atoms with Crippen molar-refractivity contribution in [1.29, 1.82) is 0 Å². The van der Waals surface area contributed by atoms with E-state index >= 15 is 0 Å². The summed E-state index contributed by atoms with van der Waals surface area (Å²) in [6, 6.07) is 6.83. The van der Waals surface area contributed by atoms with Gasteiger partial charge in [0, 0.05) is 5.41 Å². The molecular weight excluding hydrogens is 292 g/mol. The molecule has 2 fully saturated rings. The number of carbonyl (C=O) groups is 2. The molecule has 122 valence electrons. The first-order valence-corrected chi connectivity index (χ1v) is 8.72. The van der Waals surface area contributed by atoms with E-state index in [-0.39, 0.29) is 29.6 Å². The average molecular weight is 314 g/mol. The predicted octanol–water partition coefficient (Wildman–Crippen LogP) is 3.89. The molecule has 4 nitrogen and oxygen atoms in total. The minimum absolute atomic E-state index is 0.131. The Labute approximate surface area is 136 Å². The summed E-state index contributed by atoms with van der Waals surface area (Å²) in [5.74, 6) is -0.759. The fourth-order valence-electron chi connectivity index (χ4n) is 4.70. The number of hydrogen-bond donors (Lipinski definition) is 0. The van der Waals surface area contributed by atoms with Crippen LogP contribution in [0.3, 0.4) is 0 Å². The quantitative estimate of drug-likeness (QED) is 0.682. The minimum Gasteiger partial charge on any atom is -0.458 e. The topological polar surface area (TPSA) is 52.6 Å². The standard InChI is InChI=1S/C19H22O4/c20-17-13-7-1-2-8-14(13)18(21)23-16-10-4-6-12-19(16)11-5-3-9-15(19)22-17/h1-2,7-8,15-16H,3-6,9-12H2. The van der Waals surface area contributed by atoms with Crippen molar-refractivity contribution in [2.45, 2.75) is 63.6 Å². The predicted molar refractivity (Wildman–Crippen MR) is 84.2 cm³/mol. The maximum atomic E-state index is 12.7. The van der Waals surface area contributed by atoms with E-state index in [9.17, 15) is 9.59 Å². The van der Waals surface area contributed by atoms with Crippen LogP contribution in [0.25, 0.3) is 0 Å². The highest BCUT2D eigenvalue weighted by molar-refractivity contribution is 6.03. The summed E-state index contributed by atoms with van der Waals surface area (Å²) >= 11 is 0. The molecular formula is C19H22O4. The van der Waals surface area contributed by atoms with Crippen molar-refractivity contribution >= 4 is 11.9 Å². The summed E-state index contributed by atoms with van der Waals surface area (Å²) in [4.78, 5) is 25.3. The molecule has 1 aromatic carbocycles. The Bertz CT molecular complexity index is 581. The smallest absolute Gasteiger partial charge is 0.339 e. The Hall–Kier alpha value is -1.84. The Morgan fingerprint density at radius 3 is 1.74 bits per heavy atom. The van der Waals surface area contributed by atoms with Crippen molar-refractivity contribution in [2.24, 2.45) is 5.41 Å². The van der Waals surface area contributed by atoms with Crippen LogP contribution in [0.15, 0.2) is 24.3 Å². The van der Waals surface area contributed by atoms with E-state index in [1.54, 1.807) is 24.3 Å². The SMILES string of the molecule is O=C1OC2CCCCC23CCCCC3OC(=O)c2ccccc21. The zero-order valence-electron chi connectivity index (χ0n) is 13.3. The third-order valence-electron chi connectivity index (χ3n) is 5.87. The second-order valence-electron chi connectivity index (χ2n) is 7.06. The van der Waals surface area contributed by atoms with Crippen LogP contribution in [0.1, 0.15) is 72.1 Å². The average Bonchev–Trinajstić information content (AvgIpc) is 2.62. The van der Waals surface area contributed by atoms with Gasteiger partial charge < -0.3 is 9.47 Å². The molecule has 1 aliphatic heterocycles. The fraction of sp³-hybridized carbons (Fsp3) is 0.579. The van der Waals surface area contributed by atoms with Gasteiger partial charge in [-0.15, -0.1) is 0 Å². The second-order valence-corrected chi connectivity index (χ2v) is 7.06. The highest BCUT2D eigenvalue weighted by Crippen LogP contribution is 2.51. The third-order valence-corrected chi connectivity index (χ3v) is 5.87. The van der Waals surface area contributed by atoms with E-state index in [1.807, 2.05) is 0 Å². The Morgan fingerprint density at radius 1 is 0.783 bits per heavy atom. The summed E-state index contributed by atoms with van der Waals surface area (Å²) in [5, 5.41) is 0. The van der Waals surface area contributed by atoms with Gasteiger partial charge in [-0.1, -0.05) is 25.0 Å². The van der Waals surface area contributed by atoms with Gasteiger partial charge in [0.1, 0.15) is 12.2 Å².